The summed E-state index contributed by atoms with van der Waals surface area (Å²) >= 11 is 0. The smallest absolute Gasteiger partial charge is 0.163 e. The van der Waals surface area contributed by atoms with Gasteiger partial charge in [0.2, 0.25) is 0 Å². The number of nitrogens with two attached hydrogens (primary N) is 1. The maximum absolute atomic E-state index is 8.75. The van der Waals surface area contributed by atoms with E-state index >= 15 is 0 Å². The molecule has 2 aromatic rings. The zero-order valence-corrected chi connectivity index (χ0v) is 7.54. The highest BCUT2D eigenvalue weighted by molar-refractivity contribution is 5.35. The first-order chi connectivity index (χ1) is 6.83. The Morgan fingerprint density at radius 2 is 2.36 bits per heavy atom. The number of rotatable bonds is 3. The van der Waals surface area contributed by atoms with Crippen LogP contribution in [0.3, 0.4) is 0 Å². The third kappa shape index (κ3) is 1.45. The van der Waals surface area contributed by atoms with Crippen LogP contribution in [-0.2, 0) is 0 Å². The van der Waals surface area contributed by atoms with Crippen LogP contribution in [0.25, 0.3) is 5.65 Å². The lowest BCUT2D eigenvalue weighted by atomic mass is 10.2. The largest absolute Gasteiger partial charge is 0.396 e. The van der Waals surface area contributed by atoms with Crippen molar-refractivity contribution >= 4 is 5.65 Å². The molecule has 6 heteroatoms. The van der Waals surface area contributed by atoms with Gasteiger partial charge in [-0.05, 0) is 6.42 Å². The Hall–Kier alpha value is -1.53. The molecule has 0 fully saturated rings. The average Bonchev–Trinajstić information content (AvgIpc) is 2.61. The first kappa shape index (κ1) is 9.04. The molecule has 2 rings (SSSR count). The molecule has 0 aliphatic heterocycles. The van der Waals surface area contributed by atoms with E-state index in [1.807, 2.05) is 0 Å². The van der Waals surface area contributed by atoms with Crippen molar-refractivity contribution in [3.8, 4) is 0 Å². The van der Waals surface area contributed by atoms with E-state index in [0.29, 0.717) is 17.9 Å². The summed E-state index contributed by atoms with van der Waals surface area (Å²) in [4.78, 5) is 3.95. The van der Waals surface area contributed by atoms with Gasteiger partial charge in [0, 0.05) is 18.9 Å². The molecule has 0 aromatic carbocycles. The van der Waals surface area contributed by atoms with Gasteiger partial charge in [-0.25, -0.2) is 4.98 Å². The van der Waals surface area contributed by atoms with Crippen LogP contribution in [0.15, 0.2) is 18.6 Å². The minimum atomic E-state index is -0.306. The topological polar surface area (TPSA) is 89.3 Å². The number of aliphatic hydroxyl groups excluding tert-OH is 1. The van der Waals surface area contributed by atoms with E-state index in [4.69, 9.17) is 10.8 Å². The second-order valence-electron chi connectivity index (χ2n) is 2.99. The second-order valence-corrected chi connectivity index (χ2v) is 2.99. The maximum atomic E-state index is 8.75. The highest BCUT2D eigenvalue weighted by atomic mass is 16.3. The Balaban J connectivity index is 2.42. The summed E-state index contributed by atoms with van der Waals surface area (Å²) in [7, 11) is 0. The van der Waals surface area contributed by atoms with E-state index in [0.717, 1.165) is 0 Å². The van der Waals surface area contributed by atoms with Gasteiger partial charge in [0.15, 0.2) is 11.5 Å². The molecule has 6 nitrogen and oxygen atoms in total. The maximum Gasteiger partial charge on any atom is 0.163 e. The van der Waals surface area contributed by atoms with Gasteiger partial charge in [-0.3, -0.25) is 4.40 Å². The van der Waals surface area contributed by atoms with Crippen LogP contribution < -0.4 is 5.73 Å². The summed E-state index contributed by atoms with van der Waals surface area (Å²) in [5.74, 6) is 0.627. The van der Waals surface area contributed by atoms with Gasteiger partial charge in [0.05, 0.1) is 6.04 Å². The lowest BCUT2D eigenvalue weighted by Gasteiger charge is -2.06. The molecule has 0 radical (unpaired) electrons. The standard InChI is InChI=1S/C8H11N5O/c9-6(2-4-14)8-12-11-7-1-3-10-5-13(7)8/h1,3,5-6,14H,2,4,9H2. The minimum absolute atomic E-state index is 0.0380. The van der Waals surface area contributed by atoms with Gasteiger partial charge in [0.1, 0.15) is 6.33 Å². The van der Waals surface area contributed by atoms with E-state index < -0.39 is 0 Å². The quantitative estimate of drug-likeness (QED) is 0.686. The number of nitrogens with zero attached hydrogens (tertiary/aromatic N) is 4. The molecule has 1 unspecified atom stereocenters. The van der Waals surface area contributed by atoms with E-state index in [-0.39, 0.29) is 12.6 Å². The molecule has 2 aromatic heterocycles. The molecule has 0 spiro atoms. The van der Waals surface area contributed by atoms with Crippen LogP contribution in [0.2, 0.25) is 0 Å². The molecular weight excluding hydrogens is 182 g/mol. The van der Waals surface area contributed by atoms with Gasteiger partial charge in [0.25, 0.3) is 0 Å². The minimum Gasteiger partial charge on any atom is -0.396 e. The van der Waals surface area contributed by atoms with Crippen LogP contribution in [0, 0.1) is 0 Å². The number of aliphatic hydroxyl groups is 1. The van der Waals surface area contributed by atoms with Gasteiger partial charge >= 0.3 is 0 Å². The lowest BCUT2D eigenvalue weighted by molar-refractivity contribution is 0.274. The van der Waals surface area contributed by atoms with E-state index in [1.54, 1.807) is 23.0 Å². The van der Waals surface area contributed by atoms with Crippen molar-refractivity contribution in [2.24, 2.45) is 5.73 Å². The zero-order chi connectivity index (χ0) is 9.97. The van der Waals surface area contributed by atoms with Crippen molar-refractivity contribution in [2.75, 3.05) is 6.61 Å². The summed E-state index contributed by atoms with van der Waals surface area (Å²) in [6.07, 6.45) is 3.73. The Bertz CT molecular complexity index is 426. The third-order valence-corrected chi connectivity index (χ3v) is 2.01. The highest BCUT2D eigenvalue weighted by Crippen LogP contribution is 2.11. The first-order valence-corrected chi connectivity index (χ1v) is 4.34. The van der Waals surface area contributed by atoms with Crippen molar-refractivity contribution in [1.82, 2.24) is 19.6 Å². The Labute approximate surface area is 80.4 Å². The van der Waals surface area contributed by atoms with E-state index in [9.17, 15) is 0 Å². The molecule has 74 valence electrons. The fourth-order valence-electron chi connectivity index (χ4n) is 1.28. The summed E-state index contributed by atoms with van der Waals surface area (Å²) in [5, 5.41) is 16.6. The average molecular weight is 193 g/mol. The first-order valence-electron chi connectivity index (χ1n) is 4.34. The fraction of sp³-hybridized carbons (Fsp3) is 0.375. The molecule has 2 heterocycles. The number of hydrogen-bond donors (Lipinski definition) is 2. The van der Waals surface area contributed by atoms with E-state index in [1.165, 1.54) is 0 Å². The molecule has 3 N–H and O–H groups in total. The molecule has 0 bridgehead atoms. The van der Waals surface area contributed by atoms with Crippen LogP contribution in [0.5, 0.6) is 0 Å². The predicted molar refractivity (Wildman–Crippen MR) is 49.4 cm³/mol. The number of aromatic nitrogens is 4. The summed E-state index contributed by atoms with van der Waals surface area (Å²) in [6.45, 7) is 0.0380. The summed E-state index contributed by atoms with van der Waals surface area (Å²) in [6, 6.07) is 1.45. The predicted octanol–water partition coefficient (Wildman–Crippen LogP) is -0.494. The van der Waals surface area contributed by atoms with Crippen molar-refractivity contribution < 1.29 is 5.11 Å². The van der Waals surface area contributed by atoms with Gasteiger partial charge in [-0.2, -0.15) is 0 Å². The van der Waals surface area contributed by atoms with Crippen molar-refractivity contribution in [3.63, 3.8) is 0 Å². The normalized spacial score (nSPS) is 13.3. The molecule has 1 atom stereocenters. The Kier molecular flexibility index (Phi) is 2.38. The number of hydrogen-bond acceptors (Lipinski definition) is 5. The third-order valence-electron chi connectivity index (χ3n) is 2.01. The second kappa shape index (κ2) is 3.69. The zero-order valence-electron chi connectivity index (χ0n) is 7.54. The molecule has 0 aliphatic carbocycles. The highest BCUT2D eigenvalue weighted by Gasteiger charge is 2.12. The molecule has 0 aliphatic rings. The van der Waals surface area contributed by atoms with Gasteiger partial charge in [-0.15, -0.1) is 10.2 Å². The molecule has 0 saturated heterocycles. The van der Waals surface area contributed by atoms with Crippen molar-refractivity contribution in [1.29, 1.82) is 0 Å². The molecular formula is C8H11N5O. The SMILES string of the molecule is NC(CCO)c1nnc2ccncn12. The van der Waals surface area contributed by atoms with Crippen LogP contribution in [-0.4, -0.2) is 31.3 Å². The van der Waals surface area contributed by atoms with Crippen molar-refractivity contribution in [3.05, 3.63) is 24.4 Å². The summed E-state index contributed by atoms with van der Waals surface area (Å²) < 4.78 is 1.72. The molecule has 0 amide bonds. The van der Waals surface area contributed by atoms with Crippen LogP contribution in [0.4, 0.5) is 0 Å². The Morgan fingerprint density at radius 1 is 1.50 bits per heavy atom. The monoisotopic (exact) mass is 193 g/mol. The van der Waals surface area contributed by atoms with Crippen LogP contribution >= 0.6 is 0 Å². The van der Waals surface area contributed by atoms with E-state index in [2.05, 4.69) is 15.2 Å². The number of fused-ring (bicyclic) bond motifs is 1. The van der Waals surface area contributed by atoms with Crippen LogP contribution in [0.1, 0.15) is 18.3 Å². The molecule has 0 saturated carbocycles. The van der Waals surface area contributed by atoms with Crippen molar-refractivity contribution in [2.45, 2.75) is 12.5 Å². The summed E-state index contributed by atoms with van der Waals surface area (Å²) in [5.41, 5.74) is 6.52. The molecule has 14 heavy (non-hydrogen) atoms. The lowest BCUT2D eigenvalue weighted by Crippen LogP contribution is -2.15. The van der Waals surface area contributed by atoms with Gasteiger partial charge < -0.3 is 10.8 Å². The van der Waals surface area contributed by atoms with Gasteiger partial charge in [-0.1, -0.05) is 0 Å². The fourth-order valence-corrected chi connectivity index (χ4v) is 1.28. The Morgan fingerprint density at radius 3 is 3.14 bits per heavy atom.